The van der Waals surface area contributed by atoms with Crippen LogP contribution in [-0.2, 0) is 9.59 Å². The summed E-state index contributed by atoms with van der Waals surface area (Å²) in [4.78, 5) is 25.3. The minimum atomic E-state index is -0.137. The molecule has 0 radical (unpaired) electrons. The smallest absolute Gasteiger partial charge is 0.220 e. The summed E-state index contributed by atoms with van der Waals surface area (Å²) in [5.74, 6) is 4.15. The summed E-state index contributed by atoms with van der Waals surface area (Å²) < 4.78 is 0. The van der Waals surface area contributed by atoms with Crippen LogP contribution in [0.3, 0.4) is 0 Å². The first-order valence-corrected chi connectivity index (χ1v) is 18.4. The van der Waals surface area contributed by atoms with E-state index in [9.17, 15) is 14.7 Å². The molecule has 0 aromatic heterocycles. The number of ketones is 1. The molecular weight excluding hydrogens is 554 g/mol. The van der Waals surface area contributed by atoms with Crippen LogP contribution in [0.1, 0.15) is 127 Å². The normalized spacial score (nSPS) is 34.2. The highest BCUT2D eigenvalue weighted by Crippen LogP contribution is 2.67. The zero-order chi connectivity index (χ0) is 31.4. The summed E-state index contributed by atoms with van der Waals surface area (Å²) in [6, 6.07) is 20.9. The summed E-state index contributed by atoms with van der Waals surface area (Å²) in [5, 5.41) is 14.2. The molecule has 0 unspecified atom stereocenters. The van der Waals surface area contributed by atoms with Crippen molar-refractivity contribution in [1.29, 1.82) is 0 Å². The second kappa shape index (κ2) is 14.1. The van der Waals surface area contributed by atoms with Crippen LogP contribution in [0.2, 0.25) is 0 Å². The average Bonchev–Trinajstić information content (AvgIpc) is 3.36. The number of hydrogen-bond donors (Lipinski definition) is 2. The van der Waals surface area contributed by atoms with Crippen molar-refractivity contribution in [1.82, 2.24) is 5.32 Å². The standard InChI is InChI=1S/C41H57NO3/c1-40-24-22-33(43)27-32(40)26-31(39-35-20-21-37(44)41(35,2)25-23-36(39)40)18-8-4-3-5-13-19-38(45)42-28-34(29-14-9-6-10-15-29)30-16-11-7-12-17-30/h6-7,9-12,14-17,31-32,34-37,39,44H,3-5,8,13,18-28H2,1-2H3,(H,42,45)/t31-,32+,35+,36+,37+,39+,40+,41+/m1/s1. The summed E-state index contributed by atoms with van der Waals surface area (Å²) in [6.45, 7) is 5.55. The van der Waals surface area contributed by atoms with Gasteiger partial charge in [-0.25, -0.2) is 0 Å². The lowest BCUT2D eigenvalue weighted by atomic mass is 9.42. The minimum Gasteiger partial charge on any atom is -0.393 e. The zero-order valence-electron chi connectivity index (χ0n) is 27.9. The molecule has 4 saturated carbocycles. The van der Waals surface area contributed by atoms with Crippen LogP contribution >= 0.6 is 0 Å². The third-order valence-corrected chi connectivity index (χ3v) is 13.5. The van der Waals surface area contributed by atoms with Crippen molar-refractivity contribution < 1.29 is 14.7 Å². The second-order valence-electron chi connectivity index (χ2n) is 15.9. The number of rotatable bonds is 12. The predicted molar refractivity (Wildman–Crippen MR) is 182 cm³/mol. The number of aliphatic hydroxyl groups is 1. The molecule has 1 amide bonds. The Morgan fingerprint density at radius 1 is 0.844 bits per heavy atom. The van der Waals surface area contributed by atoms with Crippen molar-refractivity contribution in [3.05, 3.63) is 71.8 Å². The van der Waals surface area contributed by atoms with Crippen molar-refractivity contribution in [3.8, 4) is 0 Å². The van der Waals surface area contributed by atoms with E-state index in [0.29, 0.717) is 41.9 Å². The number of carbonyl (C=O) groups is 2. The van der Waals surface area contributed by atoms with Gasteiger partial charge in [-0.05, 0) is 96.5 Å². The van der Waals surface area contributed by atoms with Crippen LogP contribution in [0, 0.1) is 40.4 Å². The maximum Gasteiger partial charge on any atom is 0.220 e. The quantitative estimate of drug-likeness (QED) is 0.236. The summed E-state index contributed by atoms with van der Waals surface area (Å²) in [6.07, 6.45) is 15.9. The molecule has 2 N–H and O–H groups in total. The highest BCUT2D eigenvalue weighted by atomic mass is 16.3. The zero-order valence-corrected chi connectivity index (χ0v) is 27.9. The van der Waals surface area contributed by atoms with Gasteiger partial charge in [-0.15, -0.1) is 0 Å². The Morgan fingerprint density at radius 2 is 1.49 bits per heavy atom. The number of amides is 1. The Labute approximate surface area is 272 Å². The van der Waals surface area contributed by atoms with Crippen LogP contribution in [0.5, 0.6) is 0 Å². The monoisotopic (exact) mass is 611 g/mol. The van der Waals surface area contributed by atoms with Crippen molar-refractivity contribution in [2.24, 2.45) is 40.4 Å². The van der Waals surface area contributed by atoms with Crippen molar-refractivity contribution in [3.63, 3.8) is 0 Å². The summed E-state index contributed by atoms with van der Waals surface area (Å²) >= 11 is 0. The van der Waals surface area contributed by atoms with Gasteiger partial charge in [0, 0.05) is 31.7 Å². The third kappa shape index (κ3) is 6.83. The number of nitrogens with one attached hydrogen (secondary N) is 1. The SMILES string of the molecule is C[C@]12CCC(=O)C[C@@H]1C[C@@H](CCCCCCCC(=O)NCC(c1ccccc1)c1ccccc1)[C@@H]1[C@@H]2CC[C@]2(C)[C@@H](O)CC[C@@H]12. The van der Waals surface area contributed by atoms with Crippen LogP contribution in [0.4, 0.5) is 0 Å². The van der Waals surface area contributed by atoms with Crippen molar-refractivity contribution in [2.75, 3.05) is 6.54 Å². The fourth-order valence-corrected chi connectivity index (χ4v) is 10.8. The van der Waals surface area contributed by atoms with Crippen LogP contribution in [0.25, 0.3) is 0 Å². The van der Waals surface area contributed by atoms with Crippen molar-refractivity contribution in [2.45, 2.75) is 122 Å². The molecular formula is C41H57NO3. The molecule has 4 aliphatic carbocycles. The number of hydrogen-bond acceptors (Lipinski definition) is 3. The van der Waals surface area contributed by atoms with E-state index in [1.165, 1.54) is 56.1 Å². The Balaban J connectivity index is 0.963. The van der Waals surface area contributed by atoms with Gasteiger partial charge in [-0.2, -0.15) is 0 Å². The first-order valence-electron chi connectivity index (χ1n) is 18.4. The molecule has 45 heavy (non-hydrogen) atoms. The van der Waals surface area contributed by atoms with E-state index < -0.39 is 0 Å². The van der Waals surface area contributed by atoms with Gasteiger partial charge in [0.2, 0.25) is 5.91 Å². The molecule has 4 nitrogen and oxygen atoms in total. The second-order valence-corrected chi connectivity index (χ2v) is 15.9. The van der Waals surface area contributed by atoms with E-state index in [1.54, 1.807) is 0 Å². The average molecular weight is 612 g/mol. The van der Waals surface area contributed by atoms with Gasteiger partial charge in [-0.3, -0.25) is 9.59 Å². The van der Waals surface area contributed by atoms with Crippen LogP contribution in [0.15, 0.2) is 60.7 Å². The van der Waals surface area contributed by atoms with E-state index in [0.717, 1.165) is 56.8 Å². The van der Waals surface area contributed by atoms with E-state index in [1.807, 2.05) is 12.1 Å². The summed E-state index contributed by atoms with van der Waals surface area (Å²) in [7, 11) is 0. The fraction of sp³-hybridized carbons (Fsp3) is 0.659. The molecule has 0 bridgehead atoms. The molecule has 6 rings (SSSR count). The third-order valence-electron chi connectivity index (χ3n) is 13.5. The molecule has 244 valence electrons. The molecule has 2 aromatic rings. The first-order chi connectivity index (χ1) is 21.8. The lowest BCUT2D eigenvalue weighted by Crippen LogP contribution is -2.57. The maximum absolute atomic E-state index is 12.8. The minimum absolute atomic E-state index is 0.0931. The molecule has 4 fully saturated rings. The molecule has 4 heteroatoms. The molecule has 4 aliphatic rings. The molecule has 8 atom stereocenters. The van der Waals surface area contributed by atoms with Gasteiger partial charge in [0.05, 0.1) is 6.10 Å². The number of carbonyl (C=O) groups excluding carboxylic acids is 2. The number of benzene rings is 2. The highest BCUT2D eigenvalue weighted by Gasteiger charge is 2.62. The van der Waals surface area contributed by atoms with Crippen molar-refractivity contribution >= 4 is 11.7 Å². The maximum atomic E-state index is 12.8. The topological polar surface area (TPSA) is 66.4 Å². The van der Waals surface area contributed by atoms with E-state index in [2.05, 4.69) is 67.7 Å². The Hall–Kier alpha value is -2.46. The Kier molecular flexibility index (Phi) is 10.2. The van der Waals surface area contributed by atoms with Gasteiger partial charge in [0.15, 0.2) is 0 Å². The van der Waals surface area contributed by atoms with E-state index in [-0.39, 0.29) is 23.3 Å². The van der Waals surface area contributed by atoms with Crippen LogP contribution < -0.4 is 5.32 Å². The highest BCUT2D eigenvalue weighted by molar-refractivity contribution is 5.79. The number of fused-ring (bicyclic) bond motifs is 5. The van der Waals surface area contributed by atoms with Gasteiger partial charge < -0.3 is 10.4 Å². The number of aliphatic hydroxyl groups excluding tert-OH is 1. The van der Waals surface area contributed by atoms with Gasteiger partial charge in [0.1, 0.15) is 5.78 Å². The van der Waals surface area contributed by atoms with Crippen LogP contribution in [-0.4, -0.2) is 29.4 Å². The number of Topliss-reactive ketones (excluding diaryl/α,β-unsaturated/α-hetero) is 1. The fourth-order valence-electron chi connectivity index (χ4n) is 10.8. The predicted octanol–water partition coefficient (Wildman–Crippen LogP) is 8.86. The molecule has 0 heterocycles. The molecule has 0 spiro atoms. The molecule has 2 aromatic carbocycles. The van der Waals surface area contributed by atoms with Gasteiger partial charge in [0.25, 0.3) is 0 Å². The summed E-state index contributed by atoms with van der Waals surface area (Å²) in [5.41, 5.74) is 2.87. The Bertz CT molecular complexity index is 1240. The lowest BCUT2D eigenvalue weighted by Gasteiger charge is -2.62. The van der Waals surface area contributed by atoms with Gasteiger partial charge in [-0.1, -0.05) is 107 Å². The number of unbranched alkanes of at least 4 members (excludes halogenated alkanes) is 4. The Morgan fingerprint density at radius 3 is 2.20 bits per heavy atom. The van der Waals surface area contributed by atoms with E-state index >= 15 is 0 Å². The van der Waals surface area contributed by atoms with Gasteiger partial charge >= 0.3 is 0 Å². The molecule has 0 saturated heterocycles. The lowest BCUT2D eigenvalue weighted by molar-refractivity contribution is -0.156. The molecule has 0 aliphatic heterocycles. The van der Waals surface area contributed by atoms with E-state index in [4.69, 9.17) is 0 Å². The largest absolute Gasteiger partial charge is 0.393 e. The first kappa shape index (κ1) is 32.5.